The van der Waals surface area contributed by atoms with Crippen LogP contribution in [-0.4, -0.2) is 18.8 Å². The van der Waals surface area contributed by atoms with Gasteiger partial charge in [0.1, 0.15) is 11.3 Å². The Morgan fingerprint density at radius 1 is 0.184 bits per heavy atom. The Bertz CT molecular complexity index is 7750. The largest absolute Gasteiger partial charge is 0.268 e. The van der Waals surface area contributed by atoms with E-state index in [1.807, 2.05) is 39.1 Å². The predicted molar refractivity (Wildman–Crippen MR) is 475 cm³/mol. The van der Waals surface area contributed by atoms with Gasteiger partial charge in [0.25, 0.3) is 11.1 Å². The second-order valence-corrected chi connectivity index (χ2v) is 29.6. The molecule has 530 valence electrons. The molecule has 18 aromatic carbocycles. The first-order valence-corrected chi connectivity index (χ1v) is 38.8. The Hall–Kier alpha value is -15.2. The Kier molecular flexibility index (Phi) is 15.5. The fraction of sp³-hybridized carbons (Fsp3) is 0. The minimum atomic E-state index is -0.116. The summed E-state index contributed by atoms with van der Waals surface area (Å²) in [4.78, 5) is 42.2. The molecular weight excluding hydrogens is 1390 g/mol. The maximum atomic E-state index is 15.9. The molecule has 0 fully saturated rings. The summed E-state index contributed by atoms with van der Waals surface area (Å²) >= 11 is 0. The number of hydrogen-bond acceptors (Lipinski definition) is 4. The second kappa shape index (κ2) is 26.8. The first-order valence-electron chi connectivity index (χ1n) is 38.8. The number of nitrogens with zero attached hydrogens (tertiary/aromatic N) is 4. The molecule has 0 spiro atoms. The van der Waals surface area contributed by atoms with Crippen molar-refractivity contribution in [1.82, 2.24) is 18.8 Å². The molecule has 0 saturated carbocycles. The Morgan fingerprint density at radius 2 is 0.526 bits per heavy atom. The van der Waals surface area contributed by atoms with Gasteiger partial charge in [0, 0.05) is 37.9 Å². The van der Waals surface area contributed by atoms with E-state index in [4.69, 9.17) is 9.97 Å². The van der Waals surface area contributed by atoms with E-state index in [0.29, 0.717) is 22.1 Å². The Balaban J connectivity index is 0.683. The molecule has 0 aliphatic carbocycles. The standard InChI is InChI=1S/C108H66N4O2/c113-107-94-53-27-51-91-86(83-45-21-18-41-78(83)68-30-8-2-9-31-68)57-59-93(103(91)94)106-110-104-97(64-76(66-100(104)112(106)107)81-44-17-16-40-77(81)67-28-6-1-7-29-67)88-56-54-73(63-96(88)70-34-12-4-13-35-70)72-38-24-39-74(62-72)80-43-20-23-47-85(80)89-49-25-48-82(101(89)71-36-14-5-15-37-71)75-55-61-98-99(65-75)111-105(109-98)92-52-26-50-90-87(58-60-95(102(90)92)108(111)114)84-46-22-19-42-79(84)69-32-10-3-11-33-69/h1-66H. The molecule has 0 atom stereocenters. The number of hydrogen-bond donors (Lipinski definition) is 0. The van der Waals surface area contributed by atoms with Gasteiger partial charge in [-0.1, -0.05) is 346 Å². The average molecular weight is 1450 g/mol. The molecule has 0 bridgehead atoms. The van der Waals surface area contributed by atoms with Crippen LogP contribution in [0.15, 0.2) is 410 Å². The number of aromatic nitrogens is 4. The van der Waals surface area contributed by atoms with Gasteiger partial charge in [0.2, 0.25) is 0 Å². The van der Waals surface area contributed by atoms with Crippen LogP contribution < -0.4 is 11.1 Å². The third-order valence-electron chi connectivity index (χ3n) is 23.3. The van der Waals surface area contributed by atoms with Crippen molar-refractivity contribution in [2.24, 2.45) is 0 Å². The third-order valence-corrected chi connectivity index (χ3v) is 23.3. The molecule has 114 heavy (non-hydrogen) atoms. The van der Waals surface area contributed by atoms with Crippen molar-refractivity contribution in [2.75, 3.05) is 0 Å². The molecule has 22 rings (SSSR count). The van der Waals surface area contributed by atoms with Crippen molar-refractivity contribution in [3.63, 3.8) is 0 Å². The highest BCUT2D eigenvalue weighted by Gasteiger charge is 2.27. The summed E-state index contributed by atoms with van der Waals surface area (Å²) < 4.78 is 3.70. The fourth-order valence-corrected chi connectivity index (χ4v) is 18.2. The maximum absolute atomic E-state index is 15.9. The molecule has 0 N–H and O–H groups in total. The molecule has 6 nitrogen and oxygen atoms in total. The first-order chi connectivity index (χ1) is 56.4. The highest BCUT2D eigenvalue weighted by molar-refractivity contribution is 6.22. The van der Waals surface area contributed by atoms with Crippen LogP contribution in [0.5, 0.6) is 0 Å². The van der Waals surface area contributed by atoms with Crippen LogP contribution in [0.4, 0.5) is 0 Å². The topological polar surface area (TPSA) is 68.7 Å². The van der Waals surface area contributed by atoms with Crippen molar-refractivity contribution >= 4 is 76.5 Å². The van der Waals surface area contributed by atoms with E-state index in [-0.39, 0.29) is 11.1 Å². The quantitative estimate of drug-likeness (QED) is 0.115. The highest BCUT2D eigenvalue weighted by Crippen LogP contribution is 2.49. The predicted octanol–water partition coefficient (Wildman–Crippen LogP) is 27.2. The van der Waals surface area contributed by atoms with Crippen LogP contribution in [0.3, 0.4) is 0 Å². The summed E-state index contributed by atoms with van der Waals surface area (Å²) in [6.45, 7) is 0. The molecule has 0 amide bonds. The summed E-state index contributed by atoms with van der Waals surface area (Å²) in [5, 5.41) is 6.96. The molecule has 22 aromatic rings. The second-order valence-electron chi connectivity index (χ2n) is 29.6. The van der Waals surface area contributed by atoms with Gasteiger partial charge in [-0.3, -0.25) is 18.4 Å². The summed E-state index contributed by atoms with van der Waals surface area (Å²) in [6, 6.07) is 142. The average Bonchev–Trinajstić information content (AvgIpc) is 1.52. The van der Waals surface area contributed by atoms with Crippen LogP contribution >= 0.6 is 0 Å². The van der Waals surface area contributed by atoms with Crippen molar-refractivity contribution in [3.8, 4) is 145 Å². The Morgan fingerprint density at radius 3 is 1.11 bits per heavy atom. The lowest BCUT2D eigenvalue weighted by Crippen LogP contribution is -2.13. The summed E-state index contributed by atoms with van der Waals surface area (Å²) in [7, 11) is 0. The molecule has 0 aliphatic rings. The van der Waals surface area contributed by atoms with Gasteiger partial charge in [-0.2, -0.15) is 0 Å². The van der Waals surface area contributed by atoms with Gasteiger partial charge in [0.15, 0.2) is 0 Å². The molecule has 0 saturated heterocycles. The maximum Gasteiger partial charge on any atom is 0.264 e. The van der Waals surface area contributed by atoms with Crippen molar-refractivity contribution in [2.45, 2.75) is 0 Å². The van der Waals surface area contributed by atoms with E-state index >= 15 is 9.59 Å². The summed E-state index contributed by atoms with van der Waals surface area (Å²) in [5.74, 6) is 0. The van der Waals surface area contributed by atoms with E-state index in [0.717, 1.165) is 199 Å². The van der Waals surface area contributed by atoms with Crippen LogP contribution in [0.2, 0.25) is 0 Å². The molecule has 6 heteroatoms. The highest BCUT2D eigenvalue weighted by atomic mass is 16.1. The molecule has 0 unspecified atom stereocenters. The van der Waals surface area contributed by atoms with Gasteiger partial charge in [-0.05, 0) is 204 Å². The van der Waals surface area contributed by atoms with E-state index in [2.05, 4.69) is 370 Å². The van der Waals surface area contributed by atoms with E-state index in [1.54, 1.807) is 0 Å². The van der Waals surface area contributed by atoms with Crippen molar-refractivity contribution < 1.29 is 0 Å². The monoisotopic (exact) mass is 1450 g/mol. The number of imidazole rings is 2. The minimum Gasteiger partial charge on any atom is -0.268 e. The normalized spacial score (nSPS) is 11.8. The molecule has 4 heterocycles. The summed E-state index contributed by atoms with van der Waals surface area (Å²) in [6.07, 6.45) is 0. The van der Waals surface area contributed by atoms with Crippen LogP contribution in [0, 0.1) is 0 Å². The van der Waals surface area contributed by atoms with E-state index in [9.17, 15) is 0 Å². The van der Waals surface area contributed by atoms with Crippen LogP contribution in [-0.2, 0) is 0 Å². The van der Waals surface area contributed by atoms with Gasteiger partial charge in [0.05, 0.1) is 22.1 Å². The lowest BCUT2D eigenvalue weighted by Gasteiger charge is -2.19. The zero-order chi connectivity index (χ0) is 75.5. The lowest BCUT2D eigenvalue weighted by molar-refractivity contribution is 1.19. The third kappa shape index (κ3) is 10.6. The van der Waals surface area contributed by atoms with Gasteiger partial charge in [-0.15, -0.1) is 0 Å². The zero-order valence-electron chi connectivity index (χ0n) is 61.7. The van der Waals surface area contributed by atoms with E-state index in [1.165, 1.54) is 0 Å². The first kappa shape index (κ1) is 65.8. The zero-order valence-corrected chi connectivity index (χ0v) is 61.7. The molecular formula is C108H66N4O2. The van der Waals surface area contributed by atoms with Gasteiger partial charge in [-0.25, -0.2) is 9.97 Å². The minimum absolute atomic E-state index is 0.0993. The smallest absolute Gasteiger partial charge is 0.264 e. The Labute approximate surface area is 656 Å². The molecule has 0 aliphatic heterocycles. The van der Waals surface area contributed by atoms with E-state index < -0.39 is 0 Å². The molecule has 4 aromatic heterocycles. The van der Waals surface area contributed by atoms with Crippen LogP contribution in [0.1, 0.15) is 0 Å². The van der Waals surface area contributed by atoms with Crippen LogP contribution in [0.25, 0.3) is 221 Å². The SMILES string of the molecule is O=c1c2ccc(-c3ccccc3-c3ccccc3)c3cccc(c32)c2nc3ccc(-c4cccc(-c5ccccc5-c5cccc(-c6ccc(-c7cc(-c8ccccc8-c8ccccc8)cc8c7nc7c9ccc(-c%10ccccc%10-c%10ccccc%10)c%10cccc(c(=O)n87)c%109)c(-c7ccccc7)c6)c5)c4-c4ccccc4)cc3n12. The summed E-state index contributed by atoms with van der Waals surface area (Å²) in [5.41, 5.74) is 31.6. The fourth-order valence-electron chi connectivity index (χ4n) is 18.2. The van der Waals surface area contributed by atoms with Gasteiger partial charge >= 0.3 is 0 Å². The number of rotatable bonds is 13. The van der Waals surface area contributed by atoms with Gasteiger partial charge < -0.3 is 0 Å². The number of fused-ring (bicyclic) bond motifs is 8. The number of pyridine rings is 2. The van der Waals surface area contributed by atoms with Crippen molar-refractivity contribution in [3.05, 3.63) is 421 Å². The lowest BCUT2D eigenvalue weighted by atomic mass is 9.84. The molecule has 0 radical (unpaired) electrons. The van der Waals surface area contributed by atoms with Crippen molar-refractivity contribution in [1.29, 1.82) is 0 Å². The number of benzene rings is 18.